The average Bonchev–Trinajstić information content (AvgIpc) is 2.81. The zero-order valence-corrected chi connectivity index (χ0v) is 21.4. The van der Waals surface area contributed by atoms with Gasteiger partial charge in [-0.05, 0) is 61.1 Å². The molecular formula is C27H35BrN2O3. The van der Waals surface area contributed by atoms with E-state index in [0.29, 0.717) is 18.2 Å². The van der Waals surface area contributed by atoms with Crippen molar-refractivity contribution in [3.05, 3.63) is 64.1 Å². The van der Waals surface area contributed by atoms with Gasteiger partial charge in [-0.1, -0.05) is 73.3 Å². The summed E-state index contributed by atoms with van der Waals surface area (Å²) in [5.74, 6) is 0.764. The predicted molar refractivity (Wildman–Crippen MR) is 135 cm³/mol. The van der Waals surface area contributed by atoms with Crippen molar-refractivity contribution in [2.75, 3.05) is 6.61 Å². The molecule has 1 atom stereocenters. The number of carbonyl (C=O) groups is 2. The number of amides is 2. The van der Waals surface area contributed by atoms with E-state index in [1.807, 2.05) is 48.5 Å². The minimum Gasteiger partial charge on any atom is -0.484 e. The first-order chi connectivity index (χ1) is 15.8. The van der Waals surface area contributed by atoms with E-state index in [0.717, 1.165) is 35.7 Å². The third-order valence-corrected chi connectivity index (χ3v) is 6.76. The van der Waals surface area contributed by atoms with Gasteiger partial charge in [-0.3, -0.25) is 9.59 Å². The van der Waals surface area contributed by atoms with Gasteiger partial charge in [-0.15, -0.1) is 0 Å². The van der Waals surface area contributed by atoms with E-state index in [4.69, 9.17) is 4.74 Å². The first-order valence-electron chi connectivity index (χ1n) is 11.9. The minimum absolute atomic E-state index is 0.105. The summed E-state index contributed by atoms with van der Waals surface area (Å²) < 4.78 is 6.73. The SMILES string of the molecule is CC(C)c1ccc(OCC(=O)N(Cc2cccc(Br)c2)[C@H](C)C(=O)NC2CCCCC2)cc1. The summed E-state index contributed by atoms with van der Waals surface area (Å²) in [6.45, 7) is 6.30. The normalized spacial score (nSPS) is 15.2. The van der Waals surface area contributed by atoms with Crippen LogP contribution in [0, 0.1) is 0 Å². The lowest BCUT2D eigenvalue weighted by Gasteiger charge is -2.31. The molecule has 0 saturated heterocycles. The Morgan fingerprint density at radius 1 is 1.06 bits per heavy atom. The predicted octanol–water partition coefficient (Wildman–Crippen LogP) is 5.82. The number of hydrogen-bond donors (Lipinski definition) is 1. The lowest BCUT2D eigenvalue weighted by atomic mass is 9.95. The van der Waals surface area contributed by atoms with Gasteiger partial charge >= 0.3 is 0 Å². The summed E-state index contributed by atoms with van der Waals surface area (Å²) in [6.07, 6.45) is 5.53. The second kappa shape index (κ2) is 12.2. The Bertz CT molecular complexity index is 923. The van der Waals surface area contributed by atoms with E-state index in [1.165, 1.54) is 12.0 Å². The van der Waals surface area contributed by atoms with Crippen LogP contribution in [0.25, 0.3) is 0 Å². The summed E-state index contributed by atoms with van der Waals surface area (Å²) in [6, 6.07) is 15.2. The van der Waals surface area contributed by atoms with Crippen LogP contribution in [0.15, 0.2) is 53.0 Å². The second-order valence-corrected chi connectivity index (χ2v) is 10.1. The average molecular weight is 515 g/mol. The Kier molecular flexibility index (Phi) is 9.36. The van der Waals surface area contributed by atoms with Crippen molar-refractivity contribution >= 4 is 27.7 Å². The molecule has 0 heterocycles. The van der Waals surface area contributed by atoms with Crippen molar-refractivity contribution in [3.8, 4) is 5.75 Å². The van der Waals surface area contributed by atoms with Gasteiger partial charge in [0.25, 0.3) is 5.91 Å². The fourth-order valence-electron chi connectivity index (χ4n) is 4.16. The number of carbonyl (C=O) groups excluding carboxylic acids is 2. The Morgan fingerprint density at radius 2 is 1.76 bits per heavy atom. The summed E-state index contributed by atoms with van der Waals surface area (Å²) in [4.78, 5) is 27.9. The molecule has 1 N–H and O–H groups in total. The standard InChI is InChI=1S/C27H35BrN2O3/c1-19(2)22-12-14-25(15-13-22)33-18-26(31)30(17-21-8-7-9-23(28)16-21)20(3)27(32)29-24-10-5-4-6-11-24/h7-9,12-16,19-20,24H,4-6,10-11,17-18H2,1-3H3,(H,29,32)/t20-/m1/s1. The molecule has 0 radical (unpaired) electrons. The van der Waals surface area contributed by atoms with Crippen molar-refractivity contribution < 1.29 is 14.3 Å². The number of benzene rings is 2. The molecule has 5 nitrogen and oxygen atoms in total. The van der Waals surface area contributed by atoms with Gasteiger partial charge in [0.15, 0.2) is 6.61 Å². The molecule has 1 saturated carbocycles. The highest BCUT2D eigenvalue weighted by Gasteiger charge is 2.28. The Hall–Kier alpha value is -2.34. The van der Waals surface area contributed by atoms with Crippen LogP contribution >= 0.6 is 15.9 Å². The molecule has 33 heavy (non-hydrogen) atoms. The van der Waals surface area contributed by atoms with E-state index in [-0.39, 0.29) is 24.5 Å². The smallest absolute Gasteiger partial charge is 0.261 e. The molecule has 3 rings (SSSR count). The topological polar surface area (TPSA) is 58.6 Å². The van der Waals surface area contributed by atoms with Crippen LogP contribution in [0.1, 0.15) is 69.9 Å². The van der Waals surface area contributed by atoms with Crippen molar-refractivity contribution in [3.63, 3.8) is 0 Å². The van der Waals surface area contributed by atoms with E-state index < -0.39 is 6.04 Å². The summed E-state index contributed by atoms with van der Waals surface area (Å²) in [7, 11) is 0. The van der Waals surface area contributed by atoms with Gasteiger partial charge < -0.3 is 15.0 Å². The monoisotopic (exact) mass is 514 g/mol. The van der Waals surface area contributed by atoms with Crippen LogP contribution in [-0.4, -0.2) is 35.4 Å². The van der Waals surface area contributed by atoms with Crippen LogP contribution in [0.4, 0.5) is 0 Å². The third kappa shape index (κ3) is 7.60. The molecule has 0 spiro atoms. The van der Waals surface area contributed by atoms with Crippen molar-refractivity contribution in [1.82, 2.24) is 10.2 Å². The van der Waals surface area contributed by atoms with Crippen LogP contribution in [0.2, 0.25) is 0 Å². The molecule has 1 aliphatic rings. The number of nitrogens with zero attached hydrogens (tertiary/aromatic N) is 1. The fourth-order valence-corrected chi connectivity index (χ4v) is 4.61. The van der Waals surface area contributed by atoms with E-state index in [2.05, 4.69) is 35.1 Å². The molecule has 2 aromatic carbocycles. The van der Waals surface area contributed by atoms with Gasteiger partial charge in [0, 0.05) is 17.1 Å². The maximum absolute atomic E-state index is 13.2. The van der Waals surface area contributed by atoms with Gasteiger partial charge in [0.2, 0.25) is 5.91 Å². The molecule has 6 heteroatoms. The highest BCUT2D eigenvalue weighted by Crippen LogP contribution is 2.21. The number of nitrogens with one attached hydrogen (secondary N) is 1. The minimum atomic E-state index is -0.592. The Morgan fingerprint density at radius 3 is 2.39 bits per heavy atom. The van der Waals surface area contributed by atoms with E-state index in [1.54, 1.807) is 11.8 Å². The van der Waals surface area contributed by atoms with Gasteiger partial charge in [-0.2, -0.15) is 0 Å². The van der Waals surface area contributed by atoms with Gasteiger partial charge in [0.1, 0.15) is 11.8 Å². The molecule has 1 aliphatic carbocycles. The molecule has 1 fully saturated rings. The maximum atomic E-state index is 13.2. The van der Waals surface area contributed by atoms with Crippen molar-refractivity contribution in [2.24, 2.45) is 0 Å². The first kappa shape index (κ1) is 25.3. The summed E-state index contributed by atoms with van der Waals surface area (Å²) in [5.41, 5.74) is 2.18. The van der Waals surface area contributed by atoms with Gasteiger partial charge in [-0.25, -0.2) is 0 Å². The second-order valence-electron chi connectivity index (χ2n) is 9.18. The molecule has 0 aliphatic heterocycles. The van der Waals surface area contributed by atoms with Crippen LogP contribution in [0.3, 0.4) is 0 Å². The number of hydrogen-bond acceptors (Lipinski definition) is 3. The van der Waals surface area contributed by atoms with Crippen molar-refractivity contribution in [1.29, 1.82) is 0 Å². The summed E-state index contributed by atoms with van der Waals surface area (Å²) >= 11 is 3.49. The van der Waals surface area contributed by atoms with Gasteiger partial charge in [0.05, 0.1) is 0 Å². The number of halogens is 1. The van der Waals surface area contributed by atoms with Crippen LogP contribution in [0.5, 0.6) is 5.75 Å². The largest absolute Gasteiger partial charge is 0.484 e. The molecule has 0 bridgehead atoms. The fraction of sp³-hybridized carbons (Fsp3) is 0.481. The highest BCUT2D eigenvalue weighted by molar-refractivity contribution is 9.10. The quantitative estimate of drug-likeness (QED) is 0.458. The highest BCUT2D eigenvalue weighted by atomic mass is 79.9. The number of rotatable bonds is 9. The Balaban J connectivity index is 1.69. The molecule has 0 unspecified atom stereocenters. The zero-order chi connectivity index (χ0) is 23.8. The molecule has 0 aromatic heterocycles. The van der Waals surface area contributed by atoms with Crippen molar-refractivity contribution in [2.45, 2.75) is 77.4 Å². The molecule has 178 valence electrons. The Labute approximate surface area is 206 Å². The first-order valence-corrected chi connectivity index (χ1v) is 12.7. The molecular weight excluding hydrogens is 480 g/mol. The summed E-state index contributed by atoms with van der Waals surface area (Å²) in [5, 5.41) is 3.16. The third-order valence-electron chi connectivity index (χ3n) is 6.27. The van der Waals surface area contributed by atoms with E-state index in [9.17, 15) is 9.59 Å². The maximum Gasteiger partial charge on any atom is 0.261 e. The lowest BCUT2D eigenvalue weighted by Crippen LogP contribution is -2.51. The number of ether oxygens (including phenoxy) is 1. The lowest BCUT2D eigenvalue weighted by molar-refractivity contribution is -0.142. The van der Waals surface area contributed by atoms with Crippen LogP contribution < -0.4 is 10.1 Å². The zero-order valence-electron chi connectivity index (χ0n) is 19.9. The van der Waals surface area contributed by atoms with Crippen LogP contribution in [-0.2, 0) is 16.1 Å². The molecule has 2 aromatic rings. The molecule has 2 amide bonds. The van der Waals surface area contributed by atoms with E-state index >= 15 is 0 Å².